The van der Waals surface area contributed by atoms with Crippen LogP contribution in [0.5, 0.6) is 0 Å². The molecule has 4 heteroatoms. The van der Waals surface area contributed by atoms with Crippen LogP contribution in [0.1, 0.15) is 28.3 Å². The topological polar surface area (TPSA) is 29.9 Å². The van der Waals surface area contributed by atoms with Gasteiger partial charge in [0.25, 0.3) is 0 Å². The second kappa shape index (κ2) is 4.80. The van der Waals surface area contributed by atoms with Crippen molar-refractivity contribution in [2.24, 2.45) is 7.05 Å². The molecule has 2 aromatic rings. The van der Waals surface area contributed by atoms with Gasteiger partial charge < -0.3 is 5.32 Å². The van der Waals surface area contributed by atoms with E-state index in [4.69, 9.17) is 0 Å². The summed E-state index contributed by atoms with van der Waals surface area (Å²) < 4.78 is 1.83. The summed E-state index contributed by atoms with van der Waals surface area (Å²) in [7, 11) is 1.94. The third-order valence-electron chi connectivity index (χ3n) is 2.56. The second-order valence-electron chi connectivity index (χ2n) is 4.07. The van der Waals surface area contributed by atoms with Crippen LogP contribution in [0.2, 0.25) is 0 Å². The molecule has 0 bridgehead atoms. The van der Waals surface area contributed by atoms with Crippen LogP contribution in [0.4, 0.5) is 0 Å². The summed E-state index contributed by atoms with van der Waals surface area (Å²) >= 11 is 1.85. The fraction of sp³-hybridized carbons (Fsp3) is 0.417. The fourth-order valence-corrected chi connectivity index (χ4v) is 2.52. The summed E-state index contributed by atoms with van der Waals surface area (Å²) in [5, 5.41) is 7.65. The molecule has 0 spiro atoms. The SMILES string of the molecule is Cc1ccc(C(C)NCc2cnn(C)c2)s1. The Bertz CT molecular complexity index is 458. The molecule has 0 aromatic carbocycles. The van der Waals surface area contributed by atoms with Crippen LogP contribution >= 0.6 is 11.3 Å². The molecule has 0 saturated heterocycles. The zero-order valence-corrected chi connectivity index (χ0v) is 10.7. The van der Waals surface area contributed by atoms with Crippen LogP contribution in [-0.2, 0) is 13.6 Å². The van der Waals surface area contributed by atoms with E-state index < -0.39 is 0 Å². The molecule has 0 saturated carbocycles. The lowest BCUT2D eigenvalue weighted by atomic mass is 10.2. The van der Waals surface area contributed by atoms with Crippen molar-refractivity contribution in [3.63, 3.8) is 0 Å². The lowest BCUT2D eigenvalue weighted by molar-refractivity contribution is 0.582. The Labute approximate surface area is 100 Å². The monoisotopic (exact) mass is 235 g/mol. The minimum Gasteiger partial charge on any atom is -0.305 e. The van der Waals surface area contributed by atoms with E-state index >= 15 is 0 Å². The van der Waals surface area contributed by atoms with Crippen LogP contribution in [0.25, 0.3) is 0 Å². The van der Waals surface area contributed by atoms with Gasteiger partial charge >= 0.3 is 0 Å². The van der Waals surface area contributed by atoms with Gasteiger partial charge in [-0.25, -0.2) is 0 Å². The van der Waals surface area contributed by atoms with E-state index in [0.29, 0.717) is 6.04 Å². The fourth-order valence-electron chi connectivity index (χ4n) is 1.62. The molecule has 2 heterocycles. The Morgan fingerprint density at radius 1 is 1.50 bits per heavy atom. The van der Waals surface area contributed by atoms with Crippen molar-refractivity contribution in [2.45, 2.75) is 26.4 Å². The highest BCUT2D eigenvalue weighted by Gasteiger charge is 2.07. The summed E-state index contributed by atoms with van der Waals surface area (Å²) in [6.45, 7) is 5.20. The molecule has 1 N–H and O–H groups in total. The predicted octanol–water partition coefficient (Wildman–Crippen LogP) is 2.64. The summed E-state index contributed by atoms with van der Waals surface area (Å²) in [5.41, 5.74) is 1.22. The number of aryl methyl sites for hydroxylation is 2. The maximum absolute atomic E-state index is 4.15. The first kappa shape index (κ1) is 11.4. The van der Waals surface area contributed by atoms with E-state index in [1.165, 1.54) is 15.3 Å². The average Bonchev–Trinajstić information content (AvgIpc) is 2.84. The van der Waals surface area contributed by atoms with Gasteiger partial charge in [0.1, 0.15) is 0 Å². The Hall–Kier alpha value is -1.13. The summed E-state index contributed by atoms with van der Waals surface area (Å²) in [5.74, 6) is 0. The molecule has 0 amide bonds. The van der Waals surface area contributed by atoms with Crippen molar-refractivity contribution < 1.29 is 0 Å². The lowest BCUT2D eigenvalue weighted by Crippen LogP contribution is -2.16. The minimum absolute atomic E-state index is 0.402. The van der Waals surface area contributed by atoms with Gasteiger partial charge in [0, 0.05) is 41.1 Å². The third-order valence-corrected chi connectivity index (χ3v) is 3.74. The number of thiophene rings is 1. The Kier molecular flexibility index (Phi) is 3.41. The van der Waals surface area contributed by atoms with Crippen molar-refractivity contribution in [1.82, 2.24) is 15.1 Å². The number of rotatable bonds is 4. The predicted molar refractivity (Wildman–Crippen MR) is 67.5 cm³/mol. The molecule has 86 valence electrons. The molecular formula is C12H17N3S. The Balaban J connectivity index is 1.91. The first-order chi connectivity index (χ1) is 7.65. The number of hydrogen-bond acceptors (Lipinski definition) is 3. The van der Waals surface area contributed by atoms with Gasteiger partial charge in [-0.2, -0.15) is 5.10 Å². The number of aromatic nitrogens is 2. The normalized spacial score (nSPS) is 12.9. The summed E-state index contributed by atoms with van der Waals surface area (Å²) in [6.07, 6.45) is 3.94. The average molecular weight is 235 g/mol. The second-order valence-corrected chi connectivity index (χ2v) is 5.39. The number of nitrogens with one attached hydrogen (secondary N) is 1. The molecule has 2 rings (SSSR count). The maximum Gasteiger partial charge on any atom is 0.0534 e. The molecule has 0 fully saturated rings. The minimum atomic E-state index is 0.402. The van der Waals surface area contributed by atoms with Crippen molar-refractivity contribution in [1.29, 1.82) is 0 Å². The van der Waals surface area contributed by atoms with E-state index in [2.05, 4.69) is 36.4 Å². The van der Waals surface area contributed by atoms with Crippen molar-refractivity contribution in [3.8, 4) is 0 Å². The summed E-state index contributed by atoms with van der Waals surface area (Å²) in [4.78, 5) is 2.76. The van der Waals surface area contributed by atoms with Gasteiger partial charge in [-0.1, -0.05) is 0 Å². The highest BCUT2D eigenvalue weighted by atomic mass is 32.1. The van der Waals surface area contributed by atoms with Crippen molar-refractivity contribution in [3.05, 3.63) is 39.8 Å². The van der Waals surface area contributed by atoms with Crippen molar-refractivity contribution in [2.75, 3.05) is 0 Å². The summed E-state index contributed by atoms with van der Waals surface area (Å²) in [6, 6.07) is 4.77. The Morgan fingerprint density at radius 3 is 2.88 bits per heavy atom. The molecule has 0 radical (unpaired) electrons. The van der Waals surface area contributed by atoms with Crippen molar-refractivity contribution >= 4 is 11.3 Å². The zero-order chi connectivity index (χ0) is 11.5. The van der Waals surface area contributed by atoms with Gasteiger partial charge in [0.05, 0.1) is 6.20 Å². The molecule has 0 aliphatic carbocycles. The first-order valence-electron chi connectivity index (χ1n) is 5.42. The van der Waals surface area contributed by atoms with Crippen LogP contribution in [0.15, 0.2) is 24.5 Å². The number of nitrogens with zero attached hydrogens (tertiary/aromatic N) is 2. The van der Waals surface area contributed by atoms with Crippen LogP contribution < -0.4 is 5.32 Å². The lowest BCUT2D eigenvalue weighted by Gasteiger charge is -2.10. The molecule has 2 aromatic heterocycles. The maximum atomic E-state index is 4.15. The van der Waals surface area contributed by atoms with E-state index in [0.717, 1.165) is 6.54 Å². The number of hydrogen-bond donors (Lipinski definition) is 1. The Morgan fingerprint density at radius 2 is 2.31 bits per heavy atom. The van der Waals surface area contributed by atoms with Gasteiger partial charge in [0.2, 0.25) is 0 Å². The standard InChI is InChI=1S/C12H17N3S/c1-9-4-5-12(16-9)10(2)13-6-11-7-14-15(3)8-11/h4-5,7-8,10,13H,6H2,1-3H3. The first-order valence-corrected chi connectivity index (χ1v) is 6.24. The molecule has 0 aliphatic rings. The quantitative estimate of drug-likeness (QED) is 0.883. The van der Waals surface area contributed by atoms with Crippen LogP contribution in [-0.4, -0.2) is 9.78 Å². The van der Waals surface area contributed by atoms with E-state index in [-0.39, 0.29) is 0 Å². The highest BCUT2D eigenvalue weighted by molar-refractivity contribution is 7.12. The van der Waals surface area contributed by atoms with Gasteiger partial charge in [-0.3, -0.25) is 4.68 Å². The molecular weight excluding hydrogens is 218 g/mol. The van der Waals surface area contributed by atoms with Gasteiger partial charge in [0.15, 0.2) is 0 Å². The highest BCUT2D eigenvalue weighted by Crippen LogP contribution is 2.22. The zero-order valence-electron chi connectivity index (χ0n) is 9.90. The molecule has 1 atom stereocenters. The molecule has 0 aliphatic heterocycles. The van der Waals surface area contributed by atoms with Gasteiger partial charge in [-0.05, 0) is 26.0 Å². The van der Waals surface area contributed by atoms with Crippen LogP contribution in [0.3, 0.4) is 0 Å². The largest absolute Gasteiger partial charge is 0.305 e. The van der Waals surface area contributed by atoms with E-state index in [9.17, 15) is 0 Å². The molecule has 1 unspecified atom stereocenters. The smallest absolute Gasteiger partial charge is 0.0534 e. The van der Waals surface area contributed by atoms with E-state index in [1.54, 1.807) is 0 Å². The molecule has 3 nitrogen and oxygen atoms in total. The third kappa shape index (κ3) is 2.71. The van der Waals surface area contributed by atoms with Gasteiger partial charge in [-0.15, -0.1) is 11.3 Å². The van der Waals surface area contributed by atoms with E-state index in [1.807, 2.05) is 35.5 Å². The molecule has 16 heavy (non-hydrogen) atoms. The van der Waals surface area contributed by atoms with Crippen LogP contribution in [0, 0.1) is 6.92 Å².